The van der Waals surface area contributed by atoms with E-state index in [0.29, 0.717) is 11.4 Å². The molecule has 1 N–H and O–H groups in total. The zero-order chi connectivity index (χ0) is 14.0. The van der Waals surface area contributed by atoms with E-state index < -0.39 is 0 Å². The van der Waals surface area contributed by atoms with E-state index in [-0.39, 0.29) is 0 Å². The molecule has 20 heavy (non-hydrogen) atoms. The summed E-state index contributed by atoms with van der Waals surface area (Å²) in [6.07, 6.45) is 5.84. The summed E-state index contributed by atoms with van der Waals surface area (Å²) in [6, 6.07) is 4.14. The van der Waals surface area contributed by atoms with E-state index in [1.54, 1.807) is 7.11 Å². The Morgan fingerprint density at radius 3 is 3.10 bits per heavy atom. The van der Waals surface area contributed by atoms with Crippen molar-refractivity contribution in [2.45, 2.75) is 38.3 Å². The van der Waals surface area contributed by atoms with Gasteiger partial charge in [0.25, 0.3) is 0 Å². The maximum absolute atomic E-state index is 5.22. The first-order chi connectivity index (χ1) is 9.69. The predicted molar refractivity (Wildman–Crippen MR) is 79.8 cm³/mol. The average Bonchev–Trinajstić information content (AvgIpc) is 3.28. The molecule has 1 aromatic rings. The van der Waals surface area contributed by atoms with Crippen molar-refractivity contribution < 1.29 is 4.74 Å². The summed E-state index contributed by atoms with van der Waals surface area (Å²) in [5.41, 5.74) is 1.59. The fourth-order valence-electron chi connectivity index (χ4n) is 3.32. The lowest BCUT2D eigenvalue weighted by Gasteiger charge is -2.34. The highest BCUT2D eigenvalue weighted by molar-refractivity contribution is 5.20. The molecule has 1 aliphatic heterocycles. The number of rotatable bonds is 4. The molecule has 1 aliphatic carbocycles. The molecular formula is C16H25N3O. The third-order valence-corrected chi connectivity index (χ3v) is 4.62. The Hall–Kier alpha value is -1.13. The van der Waals surface area contributed by atoms with Crippen LogP contribution in [-0.4, -0.2) is 42.2 Å². The van der Waals surface area contributed by atoms with Gasteiger partial charge in [0.1, 0.15) is 0 Å². The van der Waals surface area contributed by atoms with Crippen molar-refractivity contribution >= 4 is 0 Å². The third-order valence-electron chi connectivity index (χ3n) is 4.62. The minimum atomic E-state index is 0.299. The van der Waals surface area contributed by atoms with Gasteiger partial charge in [0, 0.05) is 30.9 Å². The minimum absolute atomic E-state index is 0.299. The van der Waals surface area contributed by atoms with Gasteiger partial charge < -0.3 is 10.1 Å². The fraction of sp³-hybridized carbons (Fsp3) is 0.688. The molecule has 4 nitrogen and oxygen atoms in total. The SMILES string of the molecule is COc1cc(CN2CCCNC(C)(C3CC3)C2)ccn1. The van der Waals surface area contributed by atoms with Crippen molar-refractivity contribution in [2.75, 3.05) is 26.7 Å². The molecular weight excluding hydrogens is 250 g/mol. The van der Waals surface area contributed by atoms with Gasteiger partial charge in [0.2, 0.25) is 5.88 Å². The van der Waals surface area contributed by atoms with Gasteiger partial charge in [-0.2, -0.15) is 0 Å². The van der Waals surface area contributed by atoms with Gasteiger partial charge in [-0.1, -0.05) is 0 Å². The Kier molecular flexibility index (Phi) is 3.94. The minimum Gasteiger partial charge on any atom is -0.481 e. The number of hydrogen-bond acceptors (Lipinski definition) is 4. The van der Waals surface area contributed by atoms with Crippen molar-refractivity contribution in [3.63, 3.8) is 0 Å². The zero-order valence-electron chi connectivity index (χ0n) is 12.6. The van der Waals surface area contributed by atoms with Crippen LogP contribution in [-0.2, 0) is 6.54 Å². The second-order valence-electron chi connectivity index (χ2n) is 6.39. The van der Waals surface area contributed by atoms with Gasteiger partial charge in [0.05, 0.1) is 7.11 Å². The van der Waals surface area contributed by atoms with Crippen molar-refractivity contribution in [3.8, 4) is 5.88 Å². The second-order valence-corrected chi connectivity index (χ2v) is 6.39. The number of hydrogen-bond donors (Lipinski definition) is 1. The lowest BCUT2D eigenvalue weighted by Crippen LogP contribution is -2.50. The van der Waals surface area contributed by atoms with Gasteiger partial charge in [-0.25, -0.2) is 4.98 Å². The van der Waals surface area contributed by atoms with Crippen LogP contribution in [0.3, 0.4) is 0 Å². The Labute approximate surface area is 121 Å². The van der Waals surface area contributed by atoms with Crippen LogP contribution in [0.15, 0.2) is 18.3 Å². The van der Waals surface area contributed by atoms with Crippen LogP contribution in [0.5, 0.6) is 5.88 Å². The molecule has 2 fully saturated rings. The van der Waals surface area contributed by atoms with Gasteiger partial charge in [0.15, 0.2) is 0 Å². The predicted octanol–water partition coefficient (Wildman–Crippen LogP) is 2.05. The van der Waals surface area contributed by atoms with Crippen LogP contribution in [0.1, 0.15) is 31.7 Å². The normalized spacial score (nSPS) is 28.1. The third kappa shape index (κ3) is 3.13. The number of pyridine rings is 1. The molecule has 2 heterocycles. The summed E-state index contributed by atoms with van der Waals surface area (Å²) < 4.78 is 5.22. The van der Waals surface area contributed by atoms with Gasteiger partial charge in [-0.3, -0.25) is 4.90 Å². The molecule has 0 bridgehead atoms. The molecule has 4 heteroatoms. The summed E-state index contributed by atoms with van der Waals surface area (Å²) in [7, 11) is 1.67. The van der Waals surface area contributed by atoms with E-state index in [1.807, 2.05) is 12.3 Å². The average molecular weight is 275 g/mol. The van der Waals surface area contributed by atoms with E-state index >= 15 is 0 Å². The van der Waals surface area contributed by atoms with E-state index in [4.69, 9.17) is 4.74 Å². The maximum atomic E-state index is 5.22. The topological polar surface area (TPSA) is 37.4 Å². The smallest absolute Gasteiger partial charge is 0.213 e. The lowest BCUT2D eigenvalue weighted by molar-refractivity contribution is 0.195. The molecule has 1 aromatic heterocycles. The zero-order valence-corrected chi connectivity index (χ0v) is 12.6. The number of methoxy groups -OCH3 is 1. The fourth-order valence-corrected chi connectivity index (χ4v) is 3.32. The van der Waals surface area contributed by atoms with Crippen LogP contribution >= 0.6 is 0 Å². The van der Waals surface area contributed by atoms with Crippen LogP contribution in [0.2, 0.25) is 0 Å². The van der Waals surface area contributed by atoms with E-state index in [2.05, 4.69) is 28.2 Å². The summed E-state index contributed by atoms with van der Waals surface area (Å²) >= 11 is 0. The highest BCUT2D eigenvalue weighted by Gasteiger charge is 2.42. The van der Waals surface area contributed by atoms with Crippen LogP contribution in [0, 0.1) is 5.92 Å². The van der Waals surface area contributed by atoms with Crippen molar-refractivity contribution in [3.05, 3.63) is 23.9 Å². The van der Waals surface area contributed by atoms with Gasteiger partial charge in [-0.15, -0.1) is 0 Å². The number of nitrogens with zero attached hydrogens (tertiary/aromatic N) is 2. The molecule has 1 saturated heterocycles. The van der Waals surface area contributed by atoms with Crippen LogP contribution < -0.4 is 10.1 Å². The largest absolute Gasteiger partial charge is 0.481 e. The molecule has 0 aromatic carbocycles. The Morgan fingerprint density at radius 2 is 2.35 bits per heavy atom. The summed E-state index contributed by atoms with van der Waals surface area (Å²) in [4.78, 5) is 6.76. The second kappa shape index (κ2) is 5.70. The van der Waals surface area contributed by atoms with Crippen molar-refractivity contribution in [1.82, 2.24) is 15.2 Å². The first-order valence-electron chi connectivity index (χ1n) is 7.66. The summed E-state index contributed by atoms with van der Waals surface area (Å²) in [6.45, 7) is 6.84. The molecule has 1 saturated carbocycles. The standard InChI is InChI=1S/C16H25N3O/c1-16(14-4-5-14)12-19(9-3-7-18-16)11-13-6-8-17-15(10-13)20-2/h6,8,10,14,18H,3-5,7,9,11-12H2,1-2H3. The highest BCUT2D eigenvalue weighted by Crippen LogP contribution is 2.40. The van der Waals surface area contributed by atoms with Crippen LogP contribution in [0.4, 0.5) is 0 Å². The van der Waals surface area contributed by atoms with E-state index in [9.17, 15) is 0 Å². The first kappa shape index (κ1) is 13.8. The Morgan fingerprint density at radius 1 is 1.50 bits per heavy atom. The molecule has 110 valence electrons. The number of ether oxygens (including phenoxy) is 1. The number of nitrogens with one attached hydrogen (secondary N) is 1. The molecule has 1 unspecified atom stereocenters. The molecule has 3 rings (SSSR count). The molecule has 1 atom stereocenters. The highest BCUT2D eigenvalue weighted by atomic mass is 16.5. The van der Waals surface area contributed by atoms with Crippen LogP contribution in [0.25, 0.3) is 0 Å². The van der Waals surface area contributed by atoms with Gasteiger partial charge >= 0.3 is 0 Å². The Balaban J connectivity index is 1.68. The van der Waals surface area contributed by atoms with E-state index in [1.165, 1.54) is 31.4 Å². The molecule has 0 radical (unpaired) electrons. The van der Waals surface area contributed by atoms with E-state index in [0.717, 1.165) is 25.6 Å². The summed E-state index contributed by atoms with van der Waals surface area (Å²) in [5.74, 6) is 1.58. The molecule has 0 amide bonds. The molecule has 0 spiro atoms. The van der Waals surface area contributed by atoms with Gasteiger partial charge in [-0.05, 0) is 56.8 Å². The van der Waals surface area contributed by atoms with Crippen molar-refractivity contribution in [1.29, 1.82) is 0 Å². The Bertz CT molecular complexity index is 461. The van der Waals surface area contributed by atoms with Crippen molar-refractivity contribution in [2.24, 2.45) is 5.92 Å². The number of aromatic nitrogens is 1. The lowest BCUT2D eigenvalue weighted by atomic mass is 9.95. The maximum Gasteiger partial charge on any atom is 0.213 e. The monoisotopic (exact) mass is 275 g/mol. The summed E-state index contributed by atoms with van der Waals surface area (Å²) in [5, 5.41) is 3.78. The molecule has 2 aliphatic rings. The quantitative estimate of drug-likeness (QED) is 0.912. The first-order valence-corrected chi connectivity index (χ1v) is 7.66.